The van der Waals surface area contributed by atoms with Crippen LogP contribution < -0.4 is 0 Å². The van der Waals surface area contributed by atoms with Crippen molar-refractivity contribution in [1.29, 1.82) is 0 Å². The van der Waals surface area contributed by atoms with Crippen molar-refractivity contribution in [1.82, 2.24) is 4.90 Å². The Hall–Kier alpha value is -1.59. The van der Waals surface area contributed by atoms with Gasteiger partial charge < -0.3 is 4.90 Å². The van der Waals surface area contributed by atoms with Gasteiger partial charge >= 0.3 is 6.18 Å². The Kier molecular flexibility index (Phi) is 4.25. The Labute approximate surface area is 120 Å². The summed E-state index contributed by atoms with van der Waals surface area (Å²) in [5.74, 6) is -1.13. The van der Waals surface area contributed by atoms with Crippen LogP contribution in [0.2, 0.25) is 0 Å². The van der Waals surface area contributed by atoms with E-state index in [4.69, 9.17) is 0 Å². The Balaban J connectivity index is 2.30. The molecule has 0 aromatic heterocycles. The normalized spacial score (nSPS) is 23.2. The summed E-state index contributed by atoms with van der Waals surface area (Å²) in [7, 11) is 0. The third kappa shape index (κ3) is 3.36. The maximum Gasteiger partial charge on any atom is 0.416 e. The molecule has 1 aliphatic heterocycles. The van der Waals surface area contributed by atoms with Gasteiger partial charge in [-0.25, -0.2) is 4.39 Å². The predicted molar refractivity (Wildman–Crippen MR) is 70.3 cm³/mol. The number of carbonyl (C=O) groups excluding carboxylic acids is 1. The fourth-order valence-electron chi connectivity index (χ4n) is 2.73. The molecule has 2 unspecified atom stereocenters. The first-order valence-electron chi connectivity index (χ1n) is 6.88. The number of carbonyl (C=O) groups is 1. The minimum absolute atomic E-state index is 0.102. The fourth-order valence-corrected chi connectivity index (χ4v) is 2.73. The van der Waals surface area contributed by atoms with Gasteiger partial charge in [0.25, 0.3) is 5.91 Å². The van der Waals surface area contributed by atoms with Crippen molar-refractivity contribution in [2.45, 2.75) is 38.9 Å². The molecule has 0 aliphatic carbocycles. The van der Waals surface area contributed by atoms with Gasteiger partial charge in [0.2, 0.25) is 0 Å². The Morgan fingerprint density at radius 3 is 2.52 bits per heavy atom. The highest BCUT2D eigenvalue weighted by atomic mass is 19.4. The van der Waals surface area contributed by atoms with Gasteiger partial charge in [0.1, 0.15) is 5.82 Å². The smallest absolute Gasteiger partial charge is 0.336 e. The molecular weight excluding hydrogens is 286 g/mol. The average molecular weight is 303 g/mol. The van der Waals surface area contributed by atoms with E-state index in [1.165, 1.54) is 4.90 Å². The molecule has 0 spiro atoms. The van der Waals surface area contributed by atoms with Crippen LogP contribution in [0.5, 0.6) is 0 Å². The number of amides is 1. The van der Waals surface area contributed by atoms with Gasteiger partial charge in [-0.05, 0) is 43.9 Å². The molecule has 2 atom stereocenters. The molecule has 1 saturated heterocycles. The number of hydrogen-bond donors (Lipinski definition) is 0. The van der Waals surface area contributed by atoms with Gasteiger partial charge in [-0.15, -0.1) is 0 Å². The number of benzene rings is 1. The lowest BCUT2D eigenvalue weighted by Gasteiger charge is -2.36. The van der Waals surface area contributed by atoms with Gasteiger partial charge in [0, 0.05) is 12.6 Å². The topological polar surface area (TPSA) is 20.3 Å². The Morgan fingerprint density at radius 2 is 1.95 bits per heavy atom. The van der Waals surface area contributed by atoms with E-state index in [0.29, 0.717) is 30.7 Å². The number of alkyl halides is 3. The van der Waals surface area contributed by atoms with Crippen molar-refractivity contribution in [3.8, 4) is 0 Å². The first-order valence-corrected chi connectivity index (χ1v) is 6.88. The molecular formula is C15H17F4NO. The largest absolute Gasteiger partial charge is 0.416 e. The van der Waals surface area contributed by atoms with Crippen molar-refractivity contribution < 1.29 is 22.4 Å². The van der Waals surface area contributed by atoms with Gasteiger partial charge in [-0.2, -0.15) is 13.2 Å². The van der Waals surface area contributed by atoms with E-state index < -0.39 is 29.0 Å². The number of rotatable bonds is 1. The highest BCUT2D eigenvalue weighted by Gasteiger charge is 2.34. The van der Waals surface area contributed by atoms with E-state index in [0.717, 1.165) is 12.8 Å². The van der Waals surface area contributed by atoms with Crippen molar-refractivity contribution in [2.75, 3.05) is 6.54 Å². The SMILES string of the molecule is CC1CCN(C(=O)c2cc(C(F)(F)F)ccc2F)C(C)C1. The van der Waals surface area contributed by atoms with Crippen LogP contribution in [0.4, 0.5) is 17.6 Å². The van der Waals surface area contributed by atoms with E-state index in [-0.39, 0.29) is 6.04 Å². The van der Waals surface area contributed by atoms with Crippen LogP contribution in [-0.2, 0) is 6.18 Å². The average Bonchev–Trinajstić information content (AvgIpc) is 2.37. The zero-order chi connectivity index (χ0) is 15.8. The molecule has 21 heavy (non-hydrogen) atoms. The first kappa shape index (κ1) is 15.8. The van der Waals surface area contributed by atoms with Crippen molar-refractivity contribution in [2.24, 2.45) is 5.92 Å². The predicted octanol–water partition coefficient (Wildman–Crippen LogP) is 4.11. The summed E-state index contributed by atoms with van der Waals surface area (Å²) in [6.07, 6.45) is -3.05. The van der Waals surface area contributed by atoms with Crippen LogP contribution >= 0.6 is 0 Å². The summed E-state index contributed by atoms with van der Waals surface area (Å²) < 4.78 is 51.8. The summed E-state index contributed by atoms with van der Waals surface area (Å²) in [6.45, 7) is 4.33. The van der Waals surface area contributed by atoms with Gasteiger partial charge in [-0.3, -0.25) is 4.79 Å². The Bertz CT molecular complexity index is 541. The number of piperidine rings is 1. The van der Waals surface area contributed by atoms with E-state index >= 15 is 0 Å². The maximum absolute atomic E-state index is 13.8. The molecule has 1 fully saturated rings. The summed E-state index contributed by atoms with van der Waals surface area (Å²) in [4.78, 5) is 13.8. The third-order valence-corrected chi connectivity index (χ3v) is 3.92. The van der Waals surface area contributed by atoms with E-state index in [1.54, 1.807) is 0 Å². The molecule has 0 radical (unpaired) electrons. The van der Waals surface area contributed by atoms with Crippen LogP contribution in [0, 0.1) is 11.7 Å². The molecule has 116 valence electrons. The summed E-state index contributed by atoms with van der Waals surface area (Å²) in [5.41, 5.74) is -1.52. The molecule has 1 aromatic rings. The molecule has 2 nitrogen and oxygen atoms in total. The van der Waals surface area contributed by atoms with Crippen molar-refractivity contribution in [3.05, 3.63) is 35.1 Å². The zero-order valence-corrected chi connectivity index (χ0v) is 11.9. The second-order valence-corrected chi connectivity index (χ2v) is 5.67. The minimum Gasteiger partial charge on any atom is -0.336 e. The Morgan fingerprint density at radius 1 is 1.29 bits per heavy atom. The molecule has 6 heteroatoms. The molecule has 1 aliphatic rings. The van der Waals surface area contributed by atoms with Crippen molar-refractivity contribution >= 4 is 5.91 Å². The lowest BCUT2D eigenvalue weighted by atomic mass is 9.92. The van der Waals surface area contributed by atoms with Gasteiger partial charge in [-0.1, -0.05) is 6.92 Å². The molecule has 0 N–H and O–H groups in total. The monoisotopic (exact) mass is 303 g/mol. The maximum atomic E-state index is 13.8. The van der Waals surface area contributed by atoms with Crippen LogP contribution in [0.25, 0.3) is 0 Å². The second-order valence-electron chi connectivity index (χ2n) is 5.67. The first-order chi connectivity index (χ1) is 9.70. The third-order valence-electron chi connectivity index (χ3n) is 3.92. The zero-order valence-electron chi connectivity index (χ0n) is 11.9. The number of hydrogen-bond acceptors (Lipinski definition) is 1. The quantitative estimate of drug-likeness (QED) is 0.715. The molecule has 0 saturated carbocycles. The molecule has 1 aromatic carbocycles. The van der Waals surface area contributed by atoms with Gasteiger partial charge in [0.15, 0.2) is 0 Å². The van der Waals surface area contributed by atoms with Crippen LogP contribution in [0.1, 0.15) is 42.6 Å². The highest BCUT2D eigenvalue weighted by molar-refractivity contribution is 5.95. The molecule has 2 rings (SSSR count). The summed E-state index contributed by atoms with van der Waals surface area (Å²) in [6, 6.07) is 1.85. The lowest BCUT2D eigenvalue weighted by molar-refractivity contribution is -0.137. The molecule has 1 amide bonds. The fraction of sp³-hybridized carbons (Fsp3) is 0.533. The highest BCUT2D eigenvalue weighted by Crippen LogP contribution is 2.31. The molecule has 1 heterocycles. The summed E-state index contributed by atoms with van der Waals surface area (Å²) in [5, 5.41) is 0. The minimum atomic E-state index is -4.59. The van der Waals surface area contributed by atoms with E-state index in [9.17, 15) is 22.4 Å². The number of nitrogens with zero attached hydrogens (tertiary/aromatic N) is 1. The standard InChI is InChI=1S/C15H17F4NO/c1-9-5-6-20(10(2)7-9)14(21)12-8-11(15(17,18)19)3-4-13(12)16/h3-4,8-10H,5-7H2,1-2H3. The van der Waals surface area contributed by atoms with E-state index in [2.05, 4.69) is 6.92 Å². The lowest BCUT2D eigenvalue weighted by Crippen LogP contribution is -2.44. The van der Waals surface area contributed by atoms with Crippen LogP contribution in [0.15, 0.2) is 18.2 Å². The number of halogens is 4. The van der Waals surface area contributed by atoms with Crippen molar-refractivity contribution in [3.63, 3.8) is 0 Å². The molecule has 0 bridgehead atoms. The second kappa shape index (κ2) is 5.66. The van der Waals surface area contributed by atoms with Crippen LogP contribution in [0.3, 0.4) is 0 Å². The number of likely N-dealkylation sites (tertiary alicyclic amines) is 1. The van der Waals surface area contributed by atoms with Gasteiger partial charge in [0.05, 0.1) is 11.1 Å². The van der Waals surface area contributed by atoms with Crippen LogP contribution in [-0.4, -0.2) is 23.4 Å². The summed E-state index contributed by atoms with van der Waals surface area (Å²) >= 11 is 0. The van der Waals surface area contributed by atoms with E-state index in [1.807, 2.05) is 6.92 Å².